The molecule has 1 atom stereocenters. The van der Waals surface area contributed by atoms with Gasteiger partial charge in [0.05, 0.1) is 11.6 Å². The normalized spacial score (nSPS) is 12.8. The second kappa shape index (κ2) is 5.99. The molecule has 0 aliphatic rings. The lowest BCUT2D eigenvalue weighted by Crippen LogP contribution is -2.22. The minimum absolute atomic E-state index is 0.0105. The van der Waals surface area contributed by atoms with Gasteiger partial charge in [0.2, 0.25) is 0 Å². The molecule has 1 aromatic carbocycles. The average Bonchev–Trinajstić information content (AvgIpc) is 2.43. The molecule has 0 fully saturated rings. The van der Waals surface area contributed by atoms with E-state index in [0.29, 0.717) is 11.9 Å². The number of fused-ring (bicyclic) bond motifs is 1. The van der Waals surface area contributed by atoms with Crippen LogP contribution in [0, 0.1) is 0 Å². The lowest BCUT2D eigenvalue weighted by Gasteiger charge is -2.13. The first-order valence-corrected chi connectivity index (χ1v) is 6.61. The quantitative estimate of drug-likeness (QED) is 0.802. The molecule has 4 heteroatoms. The van der Waals surface area contributed by atoms with Crippen LogP contribution in [0.1, 0.15) is 25.0 Å². The molecule has 2 N–H and O–H groups in total. The highest BCUT2D eigenvalue weighted by atomic mass is 16.3. The SMILES string of the molecule is CCCNCC(O)c1ccc2c(c1)c(=O)ccn2C. The number of pyridine rings is 1. The molecule has 0 bridgehead atoms. The number of aromatic nitrogens is 1. The van der Waals surface area contributed by atoms with E-state index in [1.807, 2.05) is 23.7 Å². The van der Waals surface area contributed by atoms with Gasteiger partial charge in [-0.2, -0.15) is 0 Å². The van der Waals surface area contributed by atoms with Crippen LogP contribution >= 0.6 is 0 Å². The van der Waals surface area contributed by atoms with Crippen molar-refractivity contribution in [1.82, 2.24) is 9.88 Å². The molecular formula is C15H20N2O2. The van der Waals surface area contributed by atoms with Crippen LogP contribution in [0.3, 0.4) is 0 Å². The summed E-state index contributed by atoms with van der Waals surface area (Å²) in [4.78, 5) is 11.9. The van der Waals surface area contributed by atoms with Crippen molar-refractivity contribution < 1.29 is 5.11 Å². The molecule has 4 nitrogen and oxygen atoms in total. The van der Waals surface area contributed by atoms with E-state index in [4.69, 9.17) is 0 Å². The lowest BCUT2D eigenvalue weighted by atomic mass is 10.1. The summed E-state index contributed by atoms with van der Waals surface area (Å²) in [5.41, 5.74) is 1.65. The third kappa shape index (κ3) is 3.03. The molecule has 19 heavy (non-hydrogen) atoms. The van der Waals surface area contributed by atoms with E-state index in [1.54, 1.807) is 18.3 Å². The maximum Gasteiger partial charge on any atom is 0.189 e. The highest BCUT2D eigenvalue weighted by molar-refractivity contribution is 5.79. The molecule has 102 valence electrons. The Morgan fingerprint density at radius 3 is 2.89 bits per heavy atom. The van der Waals surface area contributed by atoms with Crippen molar-refractivity contribution in [3.63, 3.8) is 0 Å². The van der Waals surface area contributed by atoms with Gasteiger partial charge < -0.3 is 15.0 Å². The summed E-state index contributed by atoms with van der Waals surface area (Å²) in [5.74, 6) is 0. The van der Waals surface area contributed by atoms with Crippen molar-refractivity contribution in [2.75, 3.05) is 13.1 Å². The monoisotopic (exact) mass is 260 g/mol. The molecule has 0 aliphatic heterocycles. The van der Waals surface area contributed by atoms with E-state index in [9.17, 15) is 9.90 Å². The Balaban J connectivity index is 2.31. The van der Waals surface area contributed by atoms with Crippen molar-refractivity contribution in [2.45, 2.75) is 19.4 Å². The Kier molecular flexibility index (Phi) is 4.35. The molecule has 0 spiro atoms. The zero-order chi connectivity index (χ0) is 13.8. The van der Waals surface area contributed by atoms with Crippen LogP contribution in [0.15, 0.2) is 35.3 Å². The molecule has 0 saturated carbocycles. The number of aryl methyl sites for hydroxylation is 1. The summed E-state index contributed by atoms with van der Waals surface area (Å²) in [6.07, 6.45) is 2.20. The minimum atomic E-state index is -0.583. The summed E-state index contributed by atoms with van der Waals surface area (Å²) in [6.45, 7) is 3.47. The Bertz CT molecular complexity index is 619. The van der Waals surface area contributed by atoms with Gasteiger partial charge in [0.25, 0.3) is 0 Å². The first-order chi connectivity index (χ1) is 9.13. The number of aliphatic hydroxyl groups is 1. The first kappa shape index (κ1) is 13.8. The van der Waals surface area contributed by atoms with E-state index < -0.39 is 6.10 Å². The van der Waals surface area contributed by atoms with Crippen LogP contribution in [-0.4, -0.2) is 22.8 Å². The number of benzene rings is 1. The second-order valence-corrected chi connectivity index (χ2v) is 4.79. The lowest BCUT2D eigenvalue weighted by molar-refractivity contribution is 0.175. The van der Waals surface area contributed by atoms with Gasteiger partial charge in [-0.15, -0.1) is 0 Å². The molecular weight excluding hydrogens is 240 g/mol. The van der Waals surface area contributed by atoms with Crippen molar-refractivity contribution >= 4 is 10.9 Å². The summed E-state index contributed by atoms with van der Waals surface area (Å²) < 4.78 is 1.90. The maximum atomic E-state index is 11.9. The Morgan fingerprint density at radius 1 is 1.37 bits per heavy atom. The number of hydrogen-bond donors (Lipinski definition) is 2. The van der Waals surface area contributed by atoms with Gasteiger partial charge in [0.1, 0.15) is 0 Å². The van der Waals surface area contributed by atoms with E-state index in [-0.39, 0.29) is 5.43 Å². The third-order valence-corrected chi connectivity index (χ3v) is 3.26. The standard InChI is InChI=1S/C15H20N2O2/c1-3-7-16-10-15(19)11-4-5-13-12(9-11)14(18)6-8-17(13)2/h4-6,8-9,15-16,19H,3,7,10H2,1-2H3. The molecule has 1 unspecified atom stereocenters. The number of nitrogens with one attached hydrogen (secondary N) is 1. The number of aliphatic hydroxyl groups excluding tert-OH is 1. The smallest absolute Gasteiger partial charge is 0.189 e. The third-order valence-electron chi connectivity index (χ3n) is 3.26. The molecule has 0 aliphatic carbocycles. The summed E-state index contributed by atoms with van der Waals surface area (Å²) in [5, 5.41) is 13.9. The topological polar surface area (TPSA) is 54.3 Å². The molecule has 0 amide bonds. The predicted molar refractivity (Wildman–Crippen MR) is 77.3 cm³/mol. The number of hydrogen-bond acceptors (Lipinski definition) is 3. The average molecular weight is 260 g/mol. The fraction of sp³-hybridized carbons (Fsp3) is 0.400. The van der Waals surface area contributed by atoms with Crippen molar-refractivity contribution in [1.29, 1.82) is 0 Å². The van der Waals surface area contributed by atoms with Gasteiger partial charge in [-0.25, -0.2) is 0 Å². The van der Waals surface area contributed by atoms with Gasteiger partial charge in [-0.1, -0.05) is 13.0 Å². The highest BCUT2D eigenvalue weighted by Gasteiger charge is 2.09. The summed E-state index contributed by atoms with van der Waals surface area (Å²) in [6, 6.07) is 7.10. The number of nitrogens with zero attached hydrogens (tertiary/aromatic N) is 1. The van der Waals surface area contributed by atoms with Gasteiger partial charge in [0, 0.05) is 31.2 Å². The zero-order valence-corrected chi connectivity index (χ0v) is 11.4. The number of rotatable bonds is 5. The molecule has 0 saturated heterocycles. The zero-order valence-electron chi connectivity index (χ0n) is 11.4. The van der Waals surface area contributed by atoms with Crippen LogP contribution < -0.4 is 10.7 Å². The van der Waals surface area contributed by atoms with Crippen molar-refractivity contribution in [3.05, 3.63) is 46.2 Å². The fourth-order valence-electron chi connectivity index (χ4n) is 2.15. The van der Waals surface area contributed by atoms with Gasteiger partial charge in [-0.05, 0) is 30.7 Å². The summed E-state index contributed by atoms with van der Waals surface area (Å²) in [7, 11) is 1.90. The van der Waals surface area contributed by atoms with Gasteiger partial charge in [-0.3, -0.25) is 4.79 Å². The summed E-state index contributed by atoms with van der Waals surface area (Å²) >= 11 is 0. The van der Waals surface area contributed by atoms with Crippen LogP contribution in [0.5, 0.6) is 0 Å². The van der Waals surface area contributed by atoms with E-state index in [1.165, 1.54) is 0 Å². The van der Waals surface area contributed by atoms with Crippen LogP contribution in [0.2, 0.25) is 0 Å². The fourth-order valence-corrected chi connectivity index (χ4v) is 2.15. The van der Waals surface area contributed by atoms with E-state index in [2.05, 4.69) is 12.2 Å². The molecule has 1 heterocycles. The Morgan fingerprint density at radius 2 is 2.16 bits per heavy atom. The highest BCUT2D eigenvalue weighted by Crippen LogP contribution is 2.17. The van der Waals surface area contributed by atoms with Crippen molar-refractivity contribution in [2.24, 2.45) is 7.05 Å². The van der Waals surface area contributed by atoms with E-state index in [0.717, 1.165) is 24.0 Å². The van der Waals surface area contributed by atoms with Gasteiger partial charge >= 0.3 is 0 Å². The molecule has 1 aromatic heterocycles. The Hall–Kier alpha value is -1.65. The van der Waals surface area contributed by atoms with E-state index >= 15 is 0 Å². The van der Waals surface area contributed by atoms with Crippen LogP contribution in [-0.2, 0) is 7.05 Å². The maximum absolute atomic E-state index is 11.9. The molecule has 2 rings (SSSR count). The van der Waals surface area contributed by atoms with Crippen molar-refractivity contribution in [3.8, 4) is 0 Å². The molecule has 2 aromatic rings. The first-order valence-electron chi connectivity index (χ1n) is 6.61. The minimum Gasteiger partial charge on any atom is -0.387 e. The Labute approximate surface area is 112 Å². The largest absolute Gasteiger partial charge is 0.387 e. The second-order valence-electron chi connectivity index (χ2n) is 4.79. The van der Waals surface area contributed by atoms with Crippen LogP contribution in [0.4, 0.5) is 0 Å². The predicted octanol–water partition coefficient (Wildman–Crippen LogP) is 1.57. The molecule has 0 radical (unpaired) electrons. The van der Waals surface area contributed by atoms with Crippen LogP contribution in [0.25, 0.3) is 10.9 Å². The van der Waals surface area contributed by atoms with Gasteiger partial charge in [0.15, 0.2) is 5.43 Å².